The van der Waals surface area contributed by atoms with Crippen molar-refractivity contribution in [3.63, 3.8) is 0 Å². The second kappa shape index (κ2) is 11.7. The van der Waals surface area contributed by atoms with E-state index >= 15 is 0 Å². The molecule has 0 spiro atoms. The lowest BCUT2D eigenvalue weighted by atomic mass is 9.96. The van der Waals surface area contributed by atoms with Crippen LogP contribution in [0.2, 0.25) is 0 Å². The van der Waals surface area contributed by atoms with Gasteiger partial charge in [0.2, 0.25) is 0 Å². The molecule has 1 fully saturated rings. The predicted molar refractivity (Wildman–Crippen MR) is 156 cm³/mol. The van der Waals surface area contributed by atoms with Crippen LogP contribution in [0.5, 0.6) is 5.75 Å². The Balaban J connectivity index is 1.69. The molecule has 0 saturated carbocycles. The Labute approximate surface area is 240 Å². The molecule has 0 aliphatic carbocycles. The van der Waals surface area contributed by atoms with E-state index in [0.29, 0.717) is 31.9 Å². The minimum atomic E-state index is -0.763. The summed E-state index contributed by atoms with van der Waals surface area (Å²) in [6.07, 6.45) is 1.69. The summed E-state index contributed by atoms with van der Waals surface area (Å²) in [5.41, 5.74) is 2.44. The van der Waals surface area contributed by atoms with Crippen molar-refractivity contribution in [3.8, 4) is 5.75 Å². The first-order chi connectivity index (χ1) is 19.7. The van der Waals surface area contributed by atoms with E-state index in [1.807, 2.05) is 12.1 Å². The molecule has 41 heavy (non-hydrogen) atoms. The Morgan fingerprint density at radius 2 is 1.88 bits per heavy atom. The quantitative estimate of drug-likeness (QED) is 0.239. The van der Waals surface area contributed by atoms with Crippen LogP contribution in [0.25, 0.3) is 6.08 Å². The lowest BCUT2D eigenvalue weighted by Crippen LogP contribution is -2.44. The fourth-order valence-corrected chi connectivity index (χ4v) is 6.18. The van der Waals surface area contributed by atoms with Gasteiger partial charge in [-0.15, -0.1) is 0 Å². The van der Waals surface area contributed by atoms with Crippen molar-refractivity contribution < 1.29 is 19.2 Å². The number of anilines is 1. The third-order valence-corrected chi connectivity index (χ3v) is 8.28. The molecule has 2 aliphatic heterocycles. The van der Waals surface area contributed by atoms with Crippen molar-refractivity contribution in [2.45, 2.75) is 19.9 Å². The number of nitro groups is 1. The number of piperazine rings is 1. The Kier molecular flexibility index (Phi) is 8.04. The largest absolute Gasteiger partial charge is 0.497 e. The van der Waals surface area contributed by atoms with E-state index in [2.05, 4.69) is 21.8 Å². The van der Waals surface area contributed by atoms with Crippen molar-refractivity contribution in [1.82, 2.24) is 9.47 Å². The van der Waals surface area contributed by atoms with Crippen LogP contribution in [0.1, 0.15) is 31.0 Å². The SMILES string of the molecule is CCOC(=O)C1=C(C)N=c2sc(=Cc3cc([N+](=O)[O-])ccc3N3CCN(C)CC3)c(=O)n2[C@@H]1c1ccc(OC)cc1. The zero-order valence-electron chi connectivity index (χ0n) is 23.3. The number of aromatic nitrogens is 1. The number of carbonyl (C=O) groups excluding carboxylic acids is 1. The Morgan fingerprint density at radius 1 is 1.17 bits per heavy atom. The lowest BCUT2D eigenvalue weighted by molar-refractivity contribution is -0.384. The van der Waals surface area contributed by atoms with E-state index in [1.165, 1.54) is 28.0 Å². The highest BCUT2D eigenvalue weighted by atomic mass is 32.1. The number of esters is 1. The number of non-ortho nitro benzene ring substituents is 1. The Morgan fingerprint density at radius 3 is 2.51 bits per heavy atom. The molecule has 1 atom stereocenters. The van der Waals surface area contributed by atoms with Gasteiger partial charge < -0.3 is 19.3 Å². The first-order valence-corrected chi connectivity index (χ1v) is 14.1. The maximum absolute atomic E-state index is 14.0. The highest BCUT2D eigenvalue weighted by Gasteiger charge is 2.33. The van der Waals surface area contributed by atoms with E-state index < -0.39 is 16.9 Å². The molecule has 1 saturated heterocycles. The van der Waals surface area contributed by atoms with Crippen LogP contribution in [0.15, 0.2) is 63.5 Å². The standard InChI is InChI=1S/C29H31N5O6S/c1-5-40-28(36)25-18(2)30-29-33(26(25)19-6-9-22(39-4)10-7-19)27(35)24(41-29)17-20-16-21(34(37)38)8-11-23(20)32-14-12-31(3)13-15-32/h6-11,16-17,26H,5,12-15H2,1-4H3/t26-/m1/s1. The highest BCUT2D eigenvalue weighted by Crippen LogP contribution is 2.32. The summed E-state index contributed by atoms with van der Waals surface area (Å²) in [5.74, 6) is 0.0986. The molecular formula is C29H31N5O6S. The van der Waals surface area contributed by atoms with Gasteiger partial charge in [-0.3, -0.25) is 19.5 Å². The summed E-state index contributed by atoms with van der Waals surface area (Å²) < 4.78 is 12.5. The lowest BCUT2D eigenvalue weighted by Gasteiger charge is -2.34. The maximum atomic E-state index is 14.0. The van der Waals surface area contributed by atoms with Gasteiger partial charge in [-0.25, -0.2) is 9.79 Å². The van der Waals surface area contributed by atoms with Crippen LogP contribution < -0.4 is 24.5 Å². The molecule has 214 valence electrons. The number of hydrogen-bond donors (Lipinski definition) is 0. The fraction of sp³-hybridized carbons (Fsp3) is 0.345. The normalized spacial score (nSPS) is 17.7. The van der Waals surface area contributed by atoms with Crippen molar-refractivity contribution in [1.29, 1.82) is 0 Å². The Bertz CT molecular complexity index is 1700. The van der Waals surface area contributed by atoms with E-state index in [-0.39, 0.29) is 23.4 Å². The molecule has 2 aromatic carbocycles. The molecule has 0 unspecified atom stereocenters. The van der Waals surface area contributed by atoms with Crippen LogP contribution >= 0.6 is 11.3 Å². The van der Waals surface area contributed by atoms with Crippen molar-refractivity contribution in [3.05, 3.63) is 94.7 Å². The third-order valence-electron chi connectivity index (χ3n) is 7.30. The minimum absolute atomic E-state index is 0.0570. The summed E-state index contributed by atoms with van der Waals surface area (Å²) in [6, 6.07) is 11.1. The average molecular weight is 578 g/mol. The number of allylic oxidation sites excluding steroid dienone is 1. The number of thiazole rings is 1. The smallest absolute Gasteiger partial charge is 0.338 e. The molecule has 0 N–H and O–H groups in total. The number of carbonyl (C=O) groups is 1. The number of rotatable bonds is 7. The molecule has 2 aliphatic rings. The first kappa shape index (κ1) is 28.2. The van der Waals surface area contributed by atoms with Gasteiger partial charge in [-0.2, -0.15) is 0 Å². The molecule has 0 bridgehead atoms. The topological polar surface area (TPSA) is 120 Å². The van der Waals surface area contributed by atoms with Crippen LogP contribution in [-0.4, -0.2) is 67.3 Å². The van der Waals surface area contributed by atoms with Gasteiger partial charge in [0.25, 0.3) is 11.2 Å². The third kappa shape index (κ3) is 5.52. The maximum Gasteiger partial charge on any atom is 0.338 e. The minimum Gasteiger partial charge on any atom is -0.497 e. The number of benzene rings is 2. The number of ether oxygens (including phenoxy) is 2. The summed E-state index contributed by atoms with van der Waals surface area (Å²) >= 11 is 1.18. The van der Waals surface area contributed by atoms with Gasteiger partial charge in [0.15, 0.2) is 4.80 Å². The molecule has 1 aromatic heterocycles. The van der Waals surface area contributed by atoms with Crippen LogP contribution in [0.4, 0.5) is 11.4 Å². The molecule has 3 heterocycles. The Hall–Kier alpha value is -4.29. The zero-order chi connectivity index (χ0) is 29.3. The van der Waals surface area contributed by atoms with Crippen molar-refractivity contribution >= 4 is 34.8 Å². The van der Waals surface area contributed by atoms with Gasteiger partial charge in [-0.1, -0.05) is 23.5 Å². The number of methoxy groups -OCH3 is 1. The number of hydrogen-bond acceptors (Lipinski definition) is 10. The summed E-state index contributed by atoms with van der Waals surface area (Å²) in [7, 11) is 3.62. The van der Waals surface area contributed by atoms with E-state index in [4.69, 9.17) is 9.47 Å². The van der Waals surface area contributed by atoms with Gasteiger partial charge >= 0.3 is 5.97 Å². The van der Waals surface area contributed by atoms with Gasteiger partial charge in [0.05, 0.1) is 40.5 Å². The summed E-state index contributed by atoms with van der Waals surface area (Å²) in [4.78, 5) is 47.8. The zero-order valence-corrected chi connectivity index (χ0v) is 24.1. The molecule has 0 amide bonds. The van der Waals surface area contributed by atoms with Gasteiger partial charge in [0.1, 0.15) is 5.75 Å². The molecular weight excluding hydrogens is 546 g/mol. The van der Waals surface area contributed by atoms with Crippen molar-refractivity contribution in [2.75, 3.05) is 51.8 Å². The molecule has 5 rings (SSSR count). The number of fused-ring (bicyclic) bond motifs is 1. The average Bonchev–Trinajstić information content (AvgIpc) is 3.26. The second-order valence-corrected chi connectivity index (χ2v) is 10.9. The fourth-order valence-electron chi connectivity index (χ4n) is 5.14. The first-order valence-electron chi connectivity index (χ1n) is 13.3. The van der Waals surface area contributed by atoms with E-state index in [0.717, 1.165) is 31.9 Å². The van der Waals surface area contributed by atoms with E-state index in [9.17, 15) is 19.7 Å². The van der Waals surface area contributed by atoms with Crippen LogP contribution in [-0.2, 0) is 9.53 Å². The van der Waals surface area contributed by atoms with E-state index in [1.54, 1.807) is 45.2 Å². The highest BCUT2D eigenvalue weighted by molar-refractivity contribution is 7.07. The van der Waals surface area contributed by atoms with Crippen molar-refractivity contribution in [2.24, 2.45) is 4.99 Å². The molecule has 0 radical (unpaired) electrons. The number of nitrogens with zero attached hydrogens (tertiary/aromatic N) is 5. The van der Waals surface area contributed by atoms with Gasteiger partial charge in [0, 0.05) is 49.6 Å². The molecule has 11 nitrogen and oxygen atoms in total. The molecule has 3 aromatic rings. The second-order valence-electron chi connectivity index (χ2n) is 9.87. The monoisotopic (exact) mass is 577 g/mol. The number of likely N-dealkylation sites (N-methyl/N-ethyl adjacent to an activating group) is 1. The number of nitro benzene ring substituents is 1. The summed E-state index contributed by atoms with van der Waals surface area (Å²) in [5, 5.41) is 11.6. The molecule has 12 heteroatoms. The summed E-state index contributed by atoms with van der Waals surface area (Å²) in [6.45, 7) is 6.87. The van der Waals surface area contributed by atoms with Crippen LogP contribution in [0, 0.1) is 10.1 Å². The van der Waals surface area contributed by atoms with Gasteiger partial charge in [-0.05, 0) is 50.7 Å². The predicted octanol–water partition coefficient (Wildman–Crippen LogP) is 2.47. The van der Waals surface area contributed by atoms with Crippen LogP contribution in [0.3, 0.4) is 0 Å².